The minimum absolute atomic E-state index is 0.0399. The summed E-state index contributed by atoms with van der Waals surface area (Å²) in [5.41, 5.74) is 1.29. The Morgan fingerprint density at radius 1 is 1.33 bits per heavy atom. The lowest BCUT2D eigenvalue weighted by atomic mass is 10.3. The number of carbonyl (C=O) groups excluding carboxylic acids is 2. The van der Waals surface area contributed by atoms with Crippen molar-refractivity contribution in [2.75, 3.05) is 26.0 Å². The van der Waals surface area contributed by atoms with E-state index in [1.807, 2.05) is 23.6 Å². The molecule has 2 amide bonds. The molecule has 0 saturated heterocycles. The van der Waals surface area contributed by atoms with Crippen molar-refractivity contribution in [1.82, 2.24) is 9.88 Å². The van der Waals surface area contributed by atoms with Crippen molar-refractivity contribution in [3.8, 4) is 5.75 Å². The number of fused-ring (bicyclic) bond motifs is 1. The number of methoxy groups -OCH3 is 1. The summed E-state index contributed by atoms with van der Waals surface area (Å²) in [6.45, 7) is -0.0399. The van der Waals surface area contributed by atoms with Gasteiger partial charge in [-0.15, -0.1) is 0 Å². The maximum Gasteiger partial charge on any atom is 0.254 e. The number of aromatic nitrogens is 1. The zero-order valence-electron chi connectivity index (χ0n) is 13.1. The van der Waals surface area contributed by atoms with Crippen LogP contribution in [0, 0.1) is 0 Å². The summed E-state index contributed by atoms with van der Waals surface area (Å²) in [7, 11) is 3.18. The highest BCUT2D eigenvalue weighted by Crippen LogP contribution is 2.31. The second-order valence-electron chi connectivity index (χ2n) is 5.05. The molecule has 1 N–H and O–H groups in total. The molecule has 6 nitrogen and oxygen atoms in total. The van der Waals surface area contributed by atoms with Gasteiger partial charge in [0.1, 0.15) is 11.3 Å². The first kappa shape index (κ1) is 16.4. The molecule has 8 heteroatoms. The second-order valence-corrected chi connectivity index (χ2v) is 6.86. The van der Waals surface area contributed by atoms with E-state index < -0.39 is 0 Å². The van der Waals surface area contributed by atoms with Gasteiger partial charge in [-0.1, -0.05) is 17.4 Å². The lowest BCUT2D eigenvalue weighted by Gasteiger charge is -2.15. The number of ether oxygens (including phenoxy) is 1. The molecular weight excluding hydrogens is 346 g/mol. The summed E-state index contributed by atoms with van der Waals surface area (Å²) in [5.74, 6) is 0.186. The largest absolute Gasteiger partial charge is 0.494 e. The van der Waals surface area contributed by atoms with E-state index in [0.717, 1.165) is 4.70 Å². The molecule has 0 unspecified atom stereocenters. The molecule has 0 fully saturated rings. The maximum atomic E-state index is 12.2. The molecule has 0 aliphatic heterocycles. The third kappa shape index (κ3) is 3.39. The number of likely N-dealkylation sites (N-methyl/N-ethyl adjacent to an activating group) is 1. The summed E-state index contributed by atoms with van der Waals surface area (Å²) >= 11 is 2.81. The maximum absolute atomic E-state index is 12.2. The standard InChI is InChI=1S/C16H15N3O3S2/c1-19(15(21)10-6-7-23-9-10)8-13(20)17-16-18-14-11(22-2)4-3-5-12(14)24-16/h3-7,9H,8H2,1-2H3,(H,17,18,20). The first-order valence-corrected chi connectivity index (χ1v) is 8.85. The number of rotatable bonds is 5. The number of nitrogens with zero attached hydrogens (tertiary/aromatic N) is 2. The van der Waals surface area contributed by atoms with Crippen molar-refractivity contribution in [3.05, 3.63) is 40.6 Å². The molecule has 0 atom stereocenters. The first-order valence-electron chi connectivity index (χ1n) is 7.09. The molecule has 0 saturated carbocycles. The van der Waals surface area contributed by atoms with E-state index in [-0.39, 0.29) is 18.4 Å². The van der Waals surface area contributed by atoms with Crippen LogP contribution in [-0.2, 0) is 4.79 Å². The van der Waals surface area contributed by atoms with Crippen molar-refractivity contribution in [1.29, 1.82) is 0 Å². The predicted octanol–water partition coefficient (Wildman–Crippen LogP) is 3.08. The molecule has 0 aliphatic carbocycles. The quantitative estimate of drug-likeness (QED) is 0.758. The zero-order chi connectivity index (χ0) is 17.1. The predicted molar refractivity (Wildman–Crippen MR) is 96.1 cm³/mol. The molecule has 124 valence electrons. The van der Waals surface area contributed by atoms with Crippen LogP contribution in [-0.4, -0.2) is 42.4 Å². The van der Waals surface area contributed by atoms with E-state index in [2.05, 4.69) is 10.3 Å². The molecule has 3 aromatic rings. The highest BCUT2D eigenvalue weighted by Gasteiger charge is 2.17. The number of anilines is 1. The minimum Gasteiger partial charge on any atom is -0.494 e. The second kappa shape index (κ2) is 6.98. The first-order chi connectivity index (χ1) is 11.6. The zero-order valence-corrected chi connectivity index (χ0v) is 14.7. The highest BCUT2D eigenvalue weighted by molar-refractivity contribution is 7.22. The van der Waals surface area contributed by atoms with Crippen LogP contribution in [0.2, 0.25) is 0 Å². The van der Waals surface area contributed by atoms with E-state index in [1.165, 1.54) is 27.6 Å². The van der Waals surface area contributed by atoms with Gasteiger partial charge in [-0.25, -0.2) is 4.98 Å². The fourth-order valence-corrected chi connectivity index (χ4v) is 3.72. The normalized spacial score (nSPS) is 10.6. The van der Waals surface area contributed by atoms with Crippen molar-refractivity contribution >= 4 is 49.8 Å². The summed E-state index contributed by atoms with van der Waals surface area (Å²) in [5, 5.41) is 6.81. The van der Waals surface area contributed by atoms with Crippen LogP contribution in [0.1, 0.15) is 10.4 Å². The molecule has 0 aliphatic rings. The summed E-state index contributed by atoms with van der Waals surface area (Å²) < 4.78 is 6.19. The average Bonchev–Trinajstić information content (AvgIpc) is 3.22. The number of carbonyl (C=O) groups is 2. The lowest BCUT2D eigenvalue weighted by molar-refractivity contribution is -0.116. The molecule has 2 heterocycles. The van der Waals surface area contributed by atoms with E-state index >= 15 is 0 Å². The molecule has 0 spiro atoms. The number of benzene rings is 1. The van der Waals surface area contributed by atoms with Gasteiger partial charge < -0.3 is 15.0 Å². The number of thiazole rings is 1. The van der Waals surface area contributed by atoms with Crippen LogP contribution in [0.25, 0.3) is 10.2 Å². The third-order valence-corrected chi connectivity index (χ3v) is 4.96. The minimum atomic E-state index is -0.292. The Bertz CT molecular complexity index is 874. The average molecular weight is 361 g/mol. The van der Waals surface area contributed by atoms with Crippen LogP contribution in [0.5, 0.6) is 5.75 Å². The van der Waals surface area contributed by atoms with Crippen molar-refractivity contribution in [3.63, 3.8) is 0 Å². The highest BCUT2D eigenvalue weighted by atomic mass is 32.1. The smallest absolute Gasteiger partial charge is 0.254 e. The number of para-hydroxylation sites is 1. The Morgan fingerprint density at radius 2 is 2.17 bits per heavy atom. The van der Waals surface area contributed by atoms with E-state index in [9.17, 15) is 9.59 Å². The number of amides is 2. The van der Waals surface area contributed by atoms with Gasteiger partial charge in [0, 0.05) is 12.4 Å². The van der Waals surface area contributed by atoms with E-state index in [1.54, 1.807) is 25.6 Å². The number of nitrogens with one attached hydrogen (secondary N) is 1. The van der Waals surface area contributed by atoms with Crippen LogP contribution in [0.3, 0.4) is 0 Å². The van der Waals surface area contributed by atoms with Gasteiger partial charge in [0.25, 0.3) is 5.91 Å². The molecule has 2 aromatic heterocycles. The van der Waals surface area contributed by atoms with Gasteiger partial charge in [-0.2, -0.15) is 11.3 Å². The van der Waals surface area contributed by atoms with Crippen molar-refractivity contribution in [2.24, 2.45) is 0 Å². The summed E-state index contributed by atoms with van der Waals surface area (Å²) in [6, 6.07) is 7.35. The van der Waals surface area contributed by atoms with E-state index in [4.69, 9.17) is 4.74 Å². The summed E-state index contributed by atoms with van der Waals surface area (Å²) in [6.07, 6.45) is 0. The molecular formula is C16H15N3O3S2. The number of hydrogen-bond donors (Lipinski definition) is 1. The number of thiophene rings is 1. The topological polar surface area (TPSA) is 71.5 Å². The molecule has 3 rings (SSSR count). The Morgan fingerprint density at radius 3 is 2.88 bits per heavy atom. The fraction of sp³-hybridized carbons (Fsp3) is 0.188. The molecule has 24 heavy (non-hydrogen) atoms. The van der Waals surface area contributed by atoms with Gasteiger partial charge >= 0.3 is 0 Å². The molecule has 0 bridgehead atoms. The Balaban J connectivity index is 1.67. The van der Waals surface area contributed by atoms with Gasteiger partial charge in [-0.05, 0) is 23.6 Å². The fourth-order valence-electron chi connectivity index (χ4n) is 2.19. The van der Waals surface area contributed by atoms with Gasteiger partial charge in [0.05, 0.1) is 23.9 Å². The van der Waals surface area contributed by atoms with Gasteiger partial charge in [0.2, 0.25) is 5.91 Å². The van der Waals surface area contributed by atoms with Crippen LogP contribution < -0.4 is 10.1 Å². The van der Waals surface area contributed by atoms with Crippen LogP contribution >= 0.6 is 22.7 Å². The Kier molecular flexibility index (Phi) is 4.77. The van der Waals surface area contributed by atoms with Crippen LogP contribution in [0.15, 0.2) is 35.0 Å². The monoisotopic (exact) mass is 361 g/mol. The summed E-state index contributed by atoms with van der Waals surface area (Å²) in [4.78, 5) is 30.1. The van der Waals surface area contributed by atoms with Crippen LogP contribution in [0.4, 0.5) is 5.13 Å². The SMILES string of the molecule is COc1cccc2sc(NC(=O)CN(C)C(=O)c3ccsc3)nc12. The Hall–Kier alpha value is -2.45. The van der Waals surface area contributed by atoms with Gasteiger partial charge in [-0.3, -0.25) is 9.59 Å². The molecule has 1 aromatic carbocycles. The third-order valence-electron chi connectivity index (χ3n) is 3.34. The lowest BCUT2D eigenvalue weighted by Crippen LogP contribution is -2.34. The Labute approximate surface area is 146 Å². The molecule has 0 radical (unpaired) electrons. The van der Waals surface area contributed by atoms with Crippen molar-refractivity contribution in [2.45, 2.75) is 0 Å². The van der Waals surface area contributed by atoms with Crippen molar-refractivity contribution < 1.29 is 14.3 Å². The van der Waals surface area contributed by atoms with E-state index in [0.29, 0.717) is 22.0 Å². The van der Waals surface area contributed by atoms with Gasteiger partial charge in [0.15, 0.2) is 5.13 Å². The number of hydrogen-bond acceptors (Lipinski definition) is 6.